The third-order valence-corrected chi connectivity index (χ3v) is 3.75. The van der Waals surface area contributed by atoms with Gasteiger partial charge in [-0.3, -0.25) is 19.9 Å². The van der Waals surface area contributed by atoms with E-state index >= 15 is 0 Å². The van der Waals surface area contributed by atoms with Crippen LogP contribution in [0.4, 0.5) is 5.13 Å². The fourth-order valence-corrected chi connectivity index (χ4v) is 2.61. The number of nitrogens with one attached hydrogen (secondary N) is 1. The molecular formula is C16H13N3O4S. The van der Waals surface area contributed by atoms with E-state index in [4.69, 9.17) is 9.15 Å². The lowest BCUT2D eigenvalue weighted by Gasteiger charge is -2.04. The van der Waals surface area contributed by atoms with Crippen LogP contribution in [-0.4, -0.2) is 22.5 Å². The van der Waals surface area contributed by atoms with Crippen molar-refractivity contribution in [3.05, 3.63) is 58.2 Å². The normalized spacial score (nSPS) is 10.4. The summed E-state index contributed by atoms with van der Waals surface area (Å²) in [6.07, 6.45) is 4.56. The first-order valence-corrected chi connectivity index (χ1v) is 7.88. The van der Waals surface area contributed by atoms with Gasteiger partial charge in [-0.25, -0.2) is 4.98 Å². The monoisotopic (exact) mass is 343 g/mol. The van der Waals surface area contributed by atoms with Crippen molar-refractivity contribution < 1.29 is 13.9 Å². The van der Waals surface area contributed by atoms with E-state index in [0.29, 0.717) is 10.9 Å². The first-order valence-electron chi connectivity index (χ1n) is 7.00. The lowest BCUT2D eigenvalue weighted by atomic mass is 10.2. The Balaban J connectivity index is 1.59. The zero-order valence-electron chi connectivity index (χ0n) is 12.7. The molecule has 8 heteroatoms. The predicted molar refractivity (Wildman–Crippen MR) is 89.2 cm³/mol. The van der Waals surface area contributed by atoms with Crippen molar-refractivity contribution in [3.8, 4) is 17.0 Å². The molecule has 3 heterocycles. The maximum atomic E-state index is 11.9. The van der Waals surface area contributed by atoms with Crippen LogP contribution in [0.2, 0.25) is 0 Å². The molecule has 0 bridgehead atoms. The van der Waals surface area contributed by atoms with Crippen molar-refractivity contribution in [2.24, 2.45) is 0 Å². The number of pyridine rings is 1. The topological polar surface area (TPSA) is 94.3 Å². The highest BCUT2D eigenvalue weighted by molar-refractivity contribution is 7.14. The lowest BCUT2D eigenvalue weighted by molar-refractivity contribution is -0.118. The summed E-state index contributed by atoms with van der Waals surface area (Å²) in [6, 6.07) is 5.00. The van der Waals surface area contributed by atoms with E-state index in [0.717, 1.165) is 11.3 Å². The van der Waals surface area contributed by atoms with Crippen molar-refractivity contribution in [1.82, 2.24) is 9.97 Å². The Morgan fingerprint density at radius 3 is 3.08 bits per heavy atom. The molecule has 0 aliphatic carbocycles. The molecule has 0 aliphatic rings. The summed E-state index contributed by atoms with van der Waals surface area (Å²) < 4.78 is 10.2. The largest absolute Gasteiger partial charge is 0.477 e. The van der Waals surface area contributed by atoms with Crippen LogP contribution in [0, 0.1) is 6.92 Å². The van der Waals surface area contributed by atoms with Crippen molar-refractivity contribution in [1.29, 1.82) is 0 Å². The minimum Gasteiger partial charge on any atom is -0.477 e. The van der Waals surface area contributed by atoms with Crippen LogP contribution >= 0.6 is 11.3 Å². The van der Waals surface area contributed by atoms with Crippen molar-refractivity contribution >= 4 is 22.4 Å². The first-order chi connectivity index (χ1) is 11.6. The van der Waals surface area contributed by atoms with Gasteiger partial charge in [0.15, 0.2) is 11.7 Å². The Bertz CT molecular complexity index is 905. The van der Waals surface area contributed by atoms with Crippen LogP contribution in [0.3, 0.4) is 0 Å². The molecular weight excluding hydrogens is 330 g/mol. The van der Waals surface area contributed by atoms with E-state index in [9.17, 15) is 9.59 Å². The van der Waals surface area contributed by atoms with Gasteiger partial charge in [0.05, 0.1) is 5.69 Å². The number of carbonyl (C=O) groups is 1. The van der Waals surface area contributed by atoms with Gasteiger partial charge >= 0.3 is 0 Å². The fourth-order valence-electron chi connectivity index (χ4n) is 1.88. The van der Waals surface area contributed by atoms with Crippen LogP contribution in [0.1, 0.15) is 5.76 Å². The molecule has 0 saturated carbocycles. The van der Waals surface area contributed by atoms with Crippen LogP contribution in [0.5, 0.6) is 5.75 Å². The number of ether oxygens (including phenoxy) is 1. The summed E-state index contributed by atoms with van der Waals surface area (Å²) in [4.78, 5) is 31.9. The highest BCUT2D eigenvalue weighted by Gasteiger charge is 2.10. The standard InChI is InChI=1S/C16H13N3O4S/c1-10-5-13(20)14(7-22-10)23-8-15(21)19-16-18-12(9-24-16)11-3-2-4-17-6-11/h2-7,9H,8H2,1H3,(H,18,19,21). The minimum absolute atomic E-state index is 0.00839. The molecule has 0 radical (unpaired) electrons. The molecule has 3 aromatic heterocycles. The van der Waals surface area contributed by atoms with Crippen LogP contribution < -0.4 is 15.5 Å². The number of thiazole rings is 1. The summed E-state index contributed by atoms with van der Waals surface area (Å²) in [6.45, 7) is 1.34. The highest BCUT2D eigenvalue weighted by Crippen LogP contribution is 2.23. The van der Waals surface area contributed by atoms with Gasteiger partial charge in [0.25, 0.3) is 5.91 Å². The van der Waals surface area contributed by atoms with E-state index in [1.165, 1.54) is 23.7 Å². The van der Waals surface area contributed by atoms with Crippen molar-refractivity contribution in [3.63, 3.8) is 0 Å². The Morgan fingerprint density at radius 1 is 1.46 bits per heavy atom. The number of nitrogens with zero attached hydrogens (tertiary/aromatic N) is 2. The van der Waals surface area contributed by atoms with E-state index in [1.54, 1.807) is 19.3 Å². The van der Waals surface area contributed by atoms with Gasteiger partial charge in [-0.1, -0.05) is 0 Å². The molecule has 1 N–H and O–H groups in total. The number of hydrogen-bond donors (Lipinski definition) is 1. The number of hydrogen-bond acceptors (Lipinski definition) is 7. The smallest absolute Gasteiger partial charge is 0.264 e. The van der Waals surface area contributed by atoms with Crippen LogP contribution in [-0.2, 0) is 4.79 Å². The Morgan fingerprint density at radius 2 is 2.33 bits per heavy atom. The Kier molecular flexibility index (Phi) is 4.66. The maximum Gasteiger partial charge on any atom is 0.264 e. The van der Waals surface area contributed by atoms with Crippen LogP contribution in [0.25, 0.3) is 11.3 Å². The molecule has 0 saturated heterocycles. The zero-order chi connectivity index (χ0) is 16.9. The Labute approximate surface area is 141 Å². The summed E-state index contributed by atoms with van der Waals surface area (Å²) in [5, 5.41) is 4.89. The summed E-state index contributed by atoms with van der Waals surface area (Å²) >= 11 is 1.29. The molecule has 7 nitrogen and oxygen atoms in total. The predicted octanol–water partition coefficient (Wildman–Crippen LogP) is 2.48. The van der Waals surface area contributed by atoms with E-state index in [1.807, 2.05) is 17.5 Å². The van der Waals surface area contributed by atoms with Gasteiger partial charge in [0.2, 0.25) is 11.2 Å². The van der Waals surface area contributed by atoms with E-state index in [-0.39, 0.29) is 17.8 Å². The average molecular weight is 343 g/mol. The van der Waals surface area contributed by atoms with E-state index < -0.39 is 5.91 Å². The highest BCUT2D eigenvalue weighted by atomic mass is 32.1. The molecule has 0 aliphatic heterocycles. The summed E-state index contributed by atoms with van der Waals surface area (Å²) in [5.41, 5.74) is 1.26. The van der Waals surface area contributed by atoms with Gasteiger partial charge in [-0.2, -0.15) is 0 Å². The number of aryl methyl sites for hydroxylation is 1. The molecule has 24 heavy (non-hydrogen) atoms. The van der Waals surface area contributed by atoms with Gasteiger partial charge in [0, 0.05) is 29.4 Å². The molecule has 0 fully saturated rings. The third-order valence-electron chi connectivity index (χ3n) is 3.00. The number of anilines is 1. The van der Waals surface area contributed by atoms with Crippen molar-refractivity contribution in [2.75, 3.05) is 11.9 Å². The average Bonchev–Trinajstić information content (AvgIpc) is 3.03. The van der Waals surface area contributed by atoms with Gasteiger partial charge < -0.3 is 9.15 Å². The van der Waals surface area contributed by atoms with Gasteiger partial charge in [0.1, 0.15) is 12.0 Å². The van der Waals surface area contributed by atoms with E-state index in [2.05, 4.69) is 15.3 Å². The second kappa shape index (κ2) is 7.05. The molecule has 0 atom stereocenters. The molecule has 0 aromatic carbocycles. The number of aromatic nitrogens is 2. The fraction of sp³-hybridized carbons (Fsp3) is 0.125. The SMILES string of the molecule is Cc1cc(=O)c(OCC(=O)Nc2nc(-c3cccnc3)cs2)co1. The maximum absolute atomic E-state index is 11.9. The summed E-state index contributed by atoms with van der Waals surface area (Å²) in [7, 11) is 0. The number of rotatable bonds is 5. The third kappa shape index (κ3) is 3.85. The molecule has 3 aromatic rings. The van der Waals surface area contributed by atoms with Gasteiger partial charge in [-0.05, 0) is 19.1 Å². The van der Waals surface area contributed by atoms with Gasteiger partial charge in [-0.15, -0.1) is 11.3 Å². The number of carbonyl (C=O) groups excluding carboxylic acids is 1. The van der Waals surface area contributed by atoms with Crippen molar-refractivity contribution in [2.45, 2.75) is 6.92 Å². The second-order valence-electron chi connectivity index (χ2n) is 4.84. The first kappa shape index (κ1) is 15.9. The minimum atomic E-state index is -0.415. The summed E-state index contributed by atoms with van der Waals surface area (Å²) in [5.74, 6) is 0.0514. The zero-order valence-corrected chi connectivity index (χ0v) is 13.5. The molecule has 122 valence electrons. The molecule has 0 unspecified atom stereocenters. The second-order valence-corrected chi connectivity index (χ2v) is 5.69. The Hall–Kier alpha value is -3.00. The molecule has 0 spiro atoms. The molecule has 1 amide bonds. The number of amides is 1. The quantitative estimate of drug-likeness (QED) is 0.765. The lowest BCUT2D eigenvalue weighted by Crippen LogP contribution is -2.22. The van der Waals surface area contributed by atoms with Crippen LogP contribution in [0.15, 0.2) is 51.4 Å². The molecule has 3 rings (SSSR count).